The maximum absolute atomic E-state index is 4.06. The van der Waals surface area contributed by atoms with Gasteiger partial charge in [-0.25, -0.2) is 0 Å². The third kappa shape index (κ3) is 0.870. The van der Waals surface area contributed by atoms with E-state index >= 15 is 0 Å². The zero-order valence-corrected chi connectivity index (χ0v) is 6.82. The van der Waals surface area contributed by atoms with Gasteiger partial charge < -0.3 is 0 Å². The summed E-state index contributed by atoms with van der Waals surface area (Å²) in [5.41, 5.74) is 1.92. The largest absolute Gasteiger partial charge is 0.253 e. The molecule has 0 amide bonds. The van der Waals surface area contributed by atoms with Crippen LogP contribution in [0.4, 0.5) is 0 Å². The standard InChI is InChI=1S/C8H10NS/c1-6-2-3-7(6)8-4-9-5-10-8/h4-5,7H,2-3H2,1H3. The monoisotopic (exact) mass is 152 g/mol. The maximum atomic E-state index is 4.06. The Morgan fingerprint density at radius 1 is 1.70 bits per heavy atom. The molecule has 1 aromatic heterocycles. The normalized spacial score (nSPS) is 26.3. The topological polar surface area (TPSA) is 12.9 Å². The van der Waals surface area contributed by atoms with Crippen LogP contribution in [0.1, 0.15) is 30.6 Å². The number of hydrogen-bond donors (Lipinski definition) is 0. The van der Waals surface area contributed by atoms with E-state index < -0.39 is 0 Å². The van der Waals surface area contributed by atoms with Crippen molar-refractivity contribution < 1.29 is 0 Å². The zero-order valence-electron chi connectivity index (χ0n) is 6.00. The van der Waals surface area contributed by atoms with Crippen LogP contribution in [-0.4, -0.2) is 4.98 Å². The molecule has 1 aliphatic carbocycles. The molecule has 1 saturated carbocycles. The van der Waals surface area contributed by atoms with Gasteiger partial charge in [-0.1, -0.05) is 6.92 Å². The Morgan fingerprint density at radius 3 is 3.00 bits per heavy atom. The molecule has 2 heteroatoms. The van der Waals surface area contributed by atoms with Gasteiger partial charge in [-0.05, 0) is 18.8 Å². The van der Waals surface area contributed by atoms with Crippen molar-refractivity contribution in [2.75, 3.05) is 0 Å². The minimum absolute atomic E-state index is 0.757. The van der Waals surface area contributed by atoms with Crippen molar-refractivity contribution in [1.29, 1.82) is 0 Å². The molecule has 10 heavy (non-hydrogen) atoms. The van der Waals surface area contributed by atoms with Crippen LogP contribution in [0, 0.1) is 5.92 Å². The van der Waals surface area contributed by atoms with Gasteiger partial charge in [0.15, 0.2) is 0 Å². The summed E-state index contributed by atoms with van der Waals surface area (Å²) in [5, 5.41) is 0. The lowest BCUT2D eigenvalue weighted by Gasteiger charge is -2.31. The highest BCUT2D eigenvalue weighted by molar-refractivity contribution is 7.09. The Morgan fingerprint density at radius 2 is 2.60 bits per heavy atom. The maximum Gasteiger partial charge on any atom is 0.0794 e. The molecule has 2 rings (SSSR count). The number of aromatic nitrogens is 1. The summed E-state index contributed by atoms with van der Waals surface area (Å²) < 4.78 is 0. The summed E-state index contributed by atoms with van der Waals surface area (Å²) in [4.78, 5) is 5.51. The van der Waals surface area contributed by atoms with Crippen LogP contribution >= 0.6 is 11.3 Å². The first-order chi connectivity index (χ1) is 4.88. The Bertz CT molecular complexity index is 205. The lowest BCUT2D eigenvalue weighted by atomic mass is 9.74. The van der Waals surface area contributed by atoms with E-state index in [1.54, 1.807) is 17.3 Å². The molecular formula is C8H10NS. The van der Waals surface area contributed by atoms with Crippen LogP contribution in [0.25, 0.3) is 0 Å². The number of thiazole rings is 1. The number of nitrogens with zero attached hydrogens (tertiary/aromatic N) is 1. The smallest absolute Gasteiger partial charge is 0.0794 e. The van der Waals surface area contributed by atoms with E-state index in [4.69, 9.17) is 0 Å². The van der Waals surface area contributed by atoms with Gasteiger partial charge in [-0.3, -0.25) is 4.98 Å². The first-order valence-electron chi connectivity index (χ1n) is 3.58. The fourth-order valence-corrected chi connectivity index (χ4v) is 2.21. The molecule has 1 fully saturated rings. The summed E-state index contributed by atoms with van der Waals surface area (Å²) in [7, 11) is 0. The third-order valence-electron chi connectivity index (χ3n) is 2.22. The molecule has 0 aromatic carbocycles. The average molecular weight is 152 g/mol. The van der Waals surface area contributed by atoms with Gasteiger partial charge in [-0.2, -0.15) is 0 Å². The van der Waals surface area contributed by atoms with Crippen LogP contribution < -0.4 is 0 Å². The quantitative estimate of drug-likeness (QED) is 0.602. The van der Waals surface area contributed by atoms with Crippen molar-refractivity contribution in [2.45, 2.75) is 25.7 Å². The second kappa shape index (κ2) is 2.35. The van der Waals surface area contributed by atoms with Crippen LogP contribution in [0.2, 0.25) is 0 Å². The molecule has 1 atom stereocenters. The summed E-state index contributed by atoms with van der Waals surface area (Å²) in [6.07, 6.45) is 4.66. The van der Waals surface area contributed by atoms with Crippen LogP contribution in [-0.2, 0) is 0 Å². The van der Waals surface area contributed by atoms with E-state index in [0.717, 1.165) is 5.92 Å². The second-order valence-corrected chi connectivity index (χ2v) is 3.76. The Kier molecular flexibility index (Phi) is 1.49. The lowest BCUT2D eigenvalue weighted by Crippen LogP contribution is -2.17. The molecule has 1 aromatic rings. The third-order valence-corrected chi connectivity index (χ3v) is 3.11. The van der Waals surface area contributed by atoms with Crippen molar-refractivity contribution in [2.24, 2.45) is 0 Å². The molecule has 1 radical (unpaired) electrons. The van der Waals surface area contributed by atoms with Crippen LogP contribution in [0.15, 0.2) is 11.7 Å². The molecule has 1 unspecified atom stereocenters. The highest BCUT2D eigenvalue weighted by atomic mass is 32.1. The molecule has 1 aliphatic rings. The molecule has 0 N–H and O–H groups in total. The fourth-order valence-electron chi connectivity index (χ4n) is 1.36. The molecule has 1 heterocycles. The van der Waals surface area contributed by atoms with Crippen LogP contribution in [0.3, 0.4) is 0 Å². The highest BCUT2D eigenvalue weighted by Gasteiger charge is 2.29. The van der Waals surface area contributed by atoms with Crippen molar-refractivity contribution in [3.05, 3.63) is 22.5 Å². The summed E-state index contributed by atoms with van der Waals surface area (Å²) in [5.74, 6) is 2.39. The van der Waals surface area contributed by atoms with Crippen molar-refractivity contribution in [1.82, 2.24) is 4.98 Å². The summed E-state index contributed by atoms with van der Waals surface area (Å²) in [6, 6.07) is 0. The van der Waals surface area contributed by atoms with Gasteiger partial charge in [0.05, 0.1) is 5.51 Å². The number of rotatable bonds is 1. The van der Waals surface area contributed by atoms with Gasteiger partial charge in [0.1, 0.15) is 0 Å². The van der Waals surface area contributed by atoms with E-state index in [1.165, 1.54) is 17.7 Å². The van der Waals surface area contributed by atoms with Crippen molar-refractivity contribution in [3.8, 4) is 0 Å². The van der Waals surface area contributed by atoms with Gasteiger partial charge >= 0.3 is 0 Å². The lowest BCUT2D eigenvalue weighted by molar-refractivity contribution is 0.477. The van der Waals surface area contributed by atoms with Gasteiger partial charge in [-0.15, -0.1) is 11.3 Å². The average Bonchev–Trinajstić information content (AvgIpc) is 2.37. The minimum Gasteiger partial charge on any atom is -0.253 e. The number of hydrogen-bond acceptors (Lipinski definition) is 2. The van der Waals surface area contributed by atoms with Crippen molar-refractivity contribution in [3.63, 3.8) is 0 Å². The van der Waals surface area contributed by atoms with Crippen molar-refractivity contribution >= 4 is 11.3 Å². The van der Waals surface area contributed by atoms with Gasteiger partial charge in [0.25, 0.3) is 0 Å². The van der Waals surface area contributed by atoms with E-state index in [9.17, 15) is 0 Å². The molecule has 0 saturated heterocycles. The van der Waals surface area contributed by atoms with E-state index in [-0.39, 0.29) is 0 Å². The zero-order chi connectivity index (χ0) is 6.97. The van der Waals surface area contributed by atoms with Gasteiger partial charge in [0, 0.05) is 17.0 Å². The molecule has 0 bridgehead atoms. The Balaban J connectivity index is 2.14. The molecule has 0 aliphatic heterocycles. The minimum atomic E-state index is 0.757. The summed E-state index contributed by atoms with van der Waals surface area (Å²) >= 11 is 1.78. The molecule has 0 spiro atoms. The molecule has 1 nitrogen and oxygen atoms in total. The summed E-state index contributed by atoms with van der Waals surface area (Å²) in [6.45, 7) is 2.24. The first-order valence-corrected chi connectivity index (χ1v) is 4.46. The first kappa shape index (κ1) is 6.35. The van der Waals surface area contributed by atoms with E-state index in [0.29, 0.717) is 0 Å². The molecular weight excluding hydrogens is 142 g/mol. The molecule has 53 valence electrons. The Hall–Kier alpha value is -0.370. The predicted octanol–water partition coefficient (Wildman–Crippen LogP) is 2.61. The fraction of sp³-hybridized carbons (Fsp3) is 0.500. The van der Waals surface area contributed by atoms with E-state index in [1.807, 2.05) is 11.7 Å². The van der Waals surface area contributed by atoms with E-state index in [2.05, 4.69) is 11.9 Å². The Labute approximate surface area is 65.1 Å². The van der Waals surface area contributed by atoms with Gasteiger partial charge in [0.2, 0.25) is 0 Å². The predicted molar refractivity (Wildman–Crippen MR) is 43.0 cm³/mol. The SMILES string of the molecule is C[C]1CCC1c1cncs1. The highest BCUT2D eigenvalue weighted by Crippen LogP contribution is 2.44. The second-order valence-electron chi connectivity index (χ2n) is 2.84. The van der Waals surface area contributed by atoms with Crippen LogP contribution in [0.5, 0.6) is 0 Å².